The van der Waals surface area contributed by atoms with Crippen molar-refractivity contribution in [1.82, 2.24) is 15.3 Å². The molecule has 0 aliphatic carbocycles. The van der Waals surface area contributed by atoms with Gasteiger partial charge in [-0.2, -0.15) is 5.10 Å². The molecule has 2 aromatic carbocycles. The van der Waals surface area contributed by atoms with Crippen molar-refractivity contribution < 1.29 is 4.74 Å². The van der Waals surface area contributed by atoms with E-state index in [0.29, 0.717) is 24.2 Å². The first-order chi connectivity index (χ1) is 15.1. The molecule has 1 aromatic heterocycles. The second-order valence-electron chi connectivity index (χ2n) is 7.39. The third kappa shape index (κ3) is 6.18. The summed E-state index contributed by atoms with van der Waals surface area (Å²) in [5, 5.41) is 8.84. The van der Waals surface area contributed by atoms with Crippen LogP contribution in [0, 0.1) is 0 Å². The third-order valence-electron chi connectivity index (χ3n) is 5.26. The van der Waals surface area contributed by atoms with Gasteiger partial charge in [0.1, 0.15) is 12.4 Å². The largest absolute Gasteiger partial charge is 0.492 e. The number of aromatic nitrogens is 1. The van der Waals surface area contributed by atoms with Gasteiger partial charge in [-0.15, -0.1) is 6.58 Å². The van der Waals surface area contributed by atoms with Crippen LogP contribution < -0.4 is 15.5 Å². The van der Waals surface area contributed by atoms with Gasteiger partial charge >= 0.3 is 0 Å². The fraction of sp³-hybridized carbons (Fsp3) is 0.280. The van der Waals surface area contributed by atoms with Crippen molar-refractivity contribution in [2.45, 2.75) is 32.7 Å². The topological polar surface area (TPSA) is 50.6 Å². The summed E-state index contributed by atoms with van der Waals surface area (Å²) in [7, 11) is 0. The van der Waals surface area contributed by atoms with E-state index in [9.17, 15) is 0 Å². The lowest BCUT2D eigenvalue weighted by atomic mass is 9.99. The predicted octanol–water partition coefficient (Wildman–Crippen LogP) is 5.22. The van der Waals surface area contributed by atoms with E-state index in [1.807, 2.05) is 12.1 Å². The van der Waals surface area contributed by atoms with Crippen LogP contribution in [0.2, 0.25) is 0 Å². The molecule has 1 heterocycles. The number of hydrogen-bond acceptors (Lipinski definition) is 3. The third-order valence-corrected chi connectivity index (χ3v) is 5.49. The lowest BCUT2D eigenvalue weighted by molar-refractivity contribution is 0.300. The maximum Gasteiger partial charge on any atom is 0.187 e. The van der Waals surface area contributed by atoms with Gasteiger partial charge in [-0.25, -0.2) is 0 Å². The van der Waals surface area contributed by atoms with Crippen LogP contribution in [0.1, 0.15) is 37.3 Å². The Morgan fingerprint density at radius 3 is 2.74 bits per heavy atom. The minimum Gasteiger partial charge on any atom is -0.492 e. The first-order valence-corrected chi connectivity index (χ1v) is 11.0. The molecule has 0 spiro atoms. The number of benzene rings is 2. The molecule has 1 unspecified atom stereocenters. The van der Waals surface area contributed by atoms with Gasteiger partial charge in [-0.05, 0) is 48.3 Å². The number of hydrazone groups is 1. The fourth-order valence-electron chi connectivity index (χ4n) is 3.32. The van der Waals surface area contributed by atoms with Crippen LogP contribution in [-0.4, -0.2) is 29.0 Å². The zero-order chi connectivity index (χ0) is 22.1. The monoisotopic (exact) mass is 434 g/mol. The molecule has 3 aromatic rings. The molecule has 0 aliphatic heterocycles. The smallest absolute Gasteiger partial charge is 0.187 e. The van der Waals surface area contributed by atoms with Crippen LogP contribution in [0.4, 0.5) is 0 Å². The Bertz CT molecular complexity index is 1040. The summed E-state index contributed by atoms with van der Waals surface area (Å²) in [4.78, 5) is 0. The van der Waals surface area contributed by atoms with E-state index < -0.39 is 0 Å². The van der Waals surface area contributed by atoms with Crippen molar-refractivity contribution in [3.8, 4) is 5.75 Å². The van der Waals surface area contributed by atoms with Crippen molar-refractivity contribution in [2.75, 3.05) is 13.2 Å². The van der Waals surface area contributed by atoms with Crippen molar-refractivity contribution in [3.05, 3.63) is 78.5 Å². The lowest BCUT2D eigenvalue weighted by Gasteiger charge is -2.11. The summed E-state index contributed by atoms with van der Waals surface area (Å²) < 4.78 is 8.18. The van der Waals surface area contributed by atoms with Crippen molar-refractivity contribution in [1.29, 1.82) is 0 Å². The van der Waals surface area contributed by atoms with E-state index in [2.05, 4.69) is 83.4 Å². The maximum absolute atomic E-state index is 5.99. The molecule has 3 rings (SSSR count). The molecule has 0 amide bonds. The molecule has 0 saturated carbocycles. The van der Waals surface area contributed by atoms with Gasteiger partial charge < -0.3 is 14.6 Å². The van der Waals surface area contributed by atoms with Crippen molar-refractivity contribution >= 4 is 34.4 Å². The molecule has 5 nitrogen and oxygen atoms in total. The van der Waals surface area contributed by atoms with Gasteiger partial charge in [0.2, 0.25) is 0 Å². The Hall–Kier alpha value is -3.12. The number of thiocarbonyl (C=S) groups is 1. The molecule has 0 saturated heterocycles. The molecule has 162 valence electrons. The van der Waals surface area contributed by atoms with Gasteiger partial charge in [-0.3, -0.25) is 5.43 Å². The average molecular weight is 435 g/mol. The van der Waals surface area contributed by atoms with E-state index in [1.165, 1.54) is 5.56 Å². The zero-order valence-electron chi connectivity index (χ0n) is 18.2. The molecule has 6 heteroatoms. The van der Waals surface area contributed by atoms with Crippen molar-refractivity contribution in [2.24, 2.45) is 5.10 Å². The second-order valence-corrected chi connectivity index (χ2v) is 7.80. The zero-order valence-corrected chi connectivity index (χ0v) is 19.0. The van der Waals surface area contributed by atoms with Gasteiger partial charge in [0.25, 0.3) is 0 Å². The van der Waals surface area contributed by atoms with Crippen LogP contribution in [0.3, 0.4) is 0 Å². The van der Waals surface area contributed by atoms with E-state index in [0.717, 1.165) is 35.2 Å². The lowest BCUT2D eigenvalue weighted by Crippen LogP contribution is -2.31. The fourth-order valence-corrected chi connectivity index (χ4v) is 3.45. The number of ether oxygens (including phenoxy) is 1. The predicted molar refractivity (Wildman–Crippen MR) is 134 cm³/mol. The first kappa shape index (κ1) is 22.6. The van der Waals surface area contributed by atoms with Gasteiger partial charge in [0.05, 0.1) is 12.8 Å². The quantitative estimate of drug-likeness (QED) is 0.199. The Morgan fingerprint density at radius 1 is 1.23 bits per heavy atom. The summed E-state index contributed by atoms with van der Waals surface area (Å²) in [5.74, 6) is 1.47. The standard InChI is InChI=1S/C25H30N4OS/c1-4-14-26-25(31)28-27-17-21-18-29(24-9-7-6-8-23(21)24)15-16-30-22-12-10-20(11-13-22)19(3)5-2/h4,6-13,17-19H,1,5,14-16H2,2-3H3,(H2,26,28,31). The van der Waals surface area contributed by atoms with Crippen LogP contribution in [-0.2, 0) is 6.54 Å². The minimum atomic E-state index is 0.465. The molecular weight excluding hydrogens is 404 g/mol. The summed E-state index contributed by atoms with van der Waals surface area (Å²) >= 11 is 5.16. The van der Waals surface area contributed by atoms with Gasteiger partial charge in [0, 0.05) is 29.2 Å². The van der Waals surface area contributed by atoms with E-state index in [-0.39, 0.29) is 0 Å². The van der Waals surface area contributed by atoms with Crippen LogP contribution in [0.15, 0.2) is 72.5 Å². The SMILES string of the molecule is C=CCNC(=S)NN=Cc1cn(CCOc2ccc(C(C)CC)cc2)c2ccccc12. The van der Waals surface area contributed by atoms with Gasteiger partial charge in [-0.1, -0.05) is 50.3 Å². The highest BCUT2D eigenvalue weighted by atomic mass is 32.1. The second kappa shape index (κ2) is 11.3. The number of para-hydroxylation sites is 1. The van der Waals surface area contributed by atoms with Gasteiger partial charge in [0.15, 0.2) is 5.11 Å². The van der Waals surface area contributed by atoms with E-state index in [4.69, 9.17) is 17.0 Å². The number of fused-ring (bicyclic) bond motifs is 1. The highest BCUT2D eigenvalue weighted by Crippen LogP contribution is 2.22. The number of nitrogens with one attached hydrogen (secondary N) is 2. The maximum atomic E-state index is 5.99. The normalized spacial score (nSPS) is 12.1. The van der Waals surface area contributed by atoms with Crippen LogP contribution in [0.25, 0.3) is 10.9 Å². The summed E-state index contributed by atoms with van der Waals surface area (Å²) in [6.45, 7) is 10.0. The molecule has 0 aliphatic rings. The average Bonchev–Trinajstić information content (AvgIpc) is 3.15. The summed E-state index contributed by atoms with van der Waals surface area (Å²) in [5.41, 5.74) is 6.35. The molecule has 0 radical (unpaired) electrons. The summed E-state index contributed by atoms with van der Waals surface area (Å²) in [6, 6.07) is 16.7. The summed E-state index contributed by atoms with van der Waals surface area (Å²) in [6.07, 6.45) is 6.76. The number of rotatable bonds is 10. The molecule has 2 N–H and O–H groups in total. The van der Waals surface area contributed by atoms with Crippen LogP contribution in [0.5, 0.6) is 5.75 Å². The number of nitrogens with zero attached hydrogens (tertiary/aromatic N) is 2. The molecule has 1 atom stereocenters. The Kier molecular flexibility index (Phi) is 8.24. The van der Waals surface area contributed by atoms with E-state index >= 15 is 0 Å². The Balaban J connectivity index is 1.63. The molecular formula is C25H30N4OS. The van der Waals surface area contributed by atoms with Crippen molar-refractivity contribution in [3.63, 3.8) is 0 Å². The highest BCUT2D eigenvalue weighted by molar-refractivity contribution is 7.80. The first-order valence-electron chi connectivity index (χ1n) is 10.6. The Morgan fingerprint density at radius 2 is 2.00 bits per heavy atom. The highest BCUT2D eigenvalue weighted by Gasteiger charge is 2.07. The van der Waals surface area contributed by atoms with E-state index in [1.54, 1.807) is 12.3 Å². The Labute approximate surface area is 189 Å². The molecule has 31 heavy (non-hydrogen) atoms. The number of hydrogen-bond donors (Lipinski definition) is 2. The minimum absolute atomic E-state index is 0.465. The van der Waals surface area contributed by atoms with Crippen LogP contribution >= 0.6 is 12.2 Å². The molecule has 0 fully saturated rings. The molecule has 0 bridgehead atoms.